The molecule has 1 aromatic carbocycles. The van der Waals surface area contributed by atoms with Crippen molar-refractivity contribution in [2.75, 3.05) is 11.4 Å². The summed E-state index contributed by atoms with van der Waals surface area (Å²) in [5, 5.41) is -0.194. The minimum absolute atomic E-state index is 0.0759. The fourth-order valence-corrected chi connectivity index (χ4v) is 3.49. The molecule has 0 bridgehead atoms. The van der Waals surface area contributed by atoms with Gasteiger partial charge in [-0.2, -0.15) is 18.2 Å². The van der Waals surface area contributed by atoms with Crippen molar-refractivity contribution >= 4 is 22.4 Å². The van der Waals surface area contributed by atoms with Crippen LogP contribution in [-0.4, -0.2) is 27.7 Å². The summed E-state index contributed by atoms with van der Waals surface area (Å²) in [6.07, 6.45) is -2.17. The molecule has 0 saturated heterocycles. The van der Waals surface area contributed by atoms with E-state index in [0.29, 0.717) is 30.6 Å². The number of pyridine rings is 1. The Morgan fingerprint density at radius 1 is 1.16 bits per heavy atom. The lowest BCUT2D eigenvalue weighted by atomic mass is 9.93. The molecule has 1 aliphatic rings. The topological polar surface area (TPSA) is 61.9 Å². The molecule has 2 aromatic heterocycles. The number of aromatic nitrogens is 3. The first-order chi connectivity index (χ1) is 15.0. The van der Waals surface area contributed by atoms with E-state index in [-0.39, 0.29) is 22.4 Å². The second kappa shape index (κ2) is 7.58. The highest BCUT2D eigenvalue weighted by molar-refractivity contribution is 5.92. The molecular weight excluding hydrogens is 431 g/mol. The molecule has 0 fully saturated rings. The van der Waals surface area contributed by atoms with Crippen molar-refractivity contribution in [3.05, 3.63) is 57.8 Å². The maximum Gasteiger partial charge on any atom is 0.404 e. The number of anilines is 2. The monoisotopic (exact) mass is 448 g/mol. The average molecular weight is 448 g/mol. The van der Waals surface area contributed by atoms with Crippen molar-refractivity contribution in [2.45, 2.75) is 32.9 Å². The Bertz CT molecular complexity index is 1330. The lowest BCUT2D eigenvalue weighted by Crippen LogP contribution is -2.30. The number of H-pyrrole nitrogens is 1. The molecule has 32 heavy (non-hydrogen) atoms. The Labute approximate surface area is 179 Å². The van der Waals surface area contributed by atoms with Gasteiger partial charge in [0.05, 0.1) is 10.9 Å². The lowest BCUT2D eigenvalue weighted by molar-refractivity contribution is -0.190. The van der Waals surface area contributed by atoms with Crippen LogP contribution in [0.4, 0.5) is 33.5 Å². The van der Waals surface area contributed by atoms with Crippen LogP contribution >= 0.6 is 0 Å². The van der Waals surface area contributed by atoms with E-state index in [9.17, 15) is 26.7 Å². The SMILES string of the molecule is CC(C)(C#Cc1nccc2c1CCCN2c1nc(=O)[nH]c2ccc(F)c(F)c12)C(F)(F)F. The van der Waals surface area contributed by atoms with Crippen molar-refractivity contribution in [3.8, 4) is 11.8 Å². The van der Waals surface area contributed by atoms with Gasteiger partial charge in [-0.05, 0) is 50.8 Å². The molecule has 1 aliphatic heterocycles. The average Bonchev–Trinajstić information content (AvgIpc) is 2.73. The predicted octanol–water partition coefficient (Wildman–Crippen LogP) is 4.62. The number of nitrogens with zero attached hydrogens (tertiary/aromatic N) is 3. The van der Waals surface area contributed by atoms with E-state index in [1.165, 1.54) is 12.3 Å². The lowest BCUT2D eigenvalue weighted by Gasteiger charge is -2.31. The second-order valence-corrected chi connectivity index (χ2v) is 7.93. The van der Waals surface area contributed by atoms with Gasteiger partial charge in [0, 0.05) is 24.0 Å². The van der Waals surface area contributed by atoms with Gasteiger partial charge in [-0.25, -0.2) is 18.6 Å². The fourth-order valence-electron chi connectivity index (χ4n) is 3.49. The Morgan fingerprint density at radius 2 is 1.91 bits per heavy atom. The Kier molecular flexibility index (Phi) is 5.15. The van der Waals surface area contributed by atoms with Crippen molar-refractivity contribution in [1.82, 2.24) is 15.0 Å². The molecule has 5 nitrogen and oxygen atoms in total. The van der Waals surface area contributed by atoms with Crippen LogP contribution in [0, 0.1) is 28.9 Å². The molecule has 0 atom stereocenters. The van der Waals surface area contributed by atoms with Gasteiger partial charge in [0.25, 0.3) is 0 Å². The number of nitrogens with one attached hydrogen (secondary N) is 1. The molecule has 0 spiro atoms. The number of rotatable bonds is 1. The summed E-state index contributed by atoms with van der Waals surface area (Å²) in [6, 6.07) is 3.73. The van der Waals surface area contributed by atoms with E-state index in [2.05, 4.69) is 26.8 Å². The van der Waals surface area contributed by atoms with Crippen LogP contribution in [-0.2, 0) is 6.42 Å². The van der Waals surface area contributed by atoms with Crippen molar-refractivity contribution < 1.29 is 22.0 Å². The van der Waals surface area contributed by atoms with Crippen LogP contribution in [0.15, 0.2) is 29.2 Å². The first-order valence-corrected chi connectivity index (χ1v) is 9.73. The number of alkyl halides is 3. The van der Waals surface area contributed by atoms with Crippen molar-refractivity contribution in [1.29, 1.82) is 0 Å². The standard InChI is InChI=1S/C22H17F5N4O/c1-21(2,22(25,26)27)9-7-14-12-4-3-11-31(16(12)8-10-28-14)19-17-15(29-20(32)30-19)6-5-13(23)18(17)24/h5-6,8,10H,3-4,11H2,1-2H3,(H,29,30,32). The molecule has 0 amide bonds. The third-order valence-corrected chi connectivity index (χ3v) is 5.36. The minimum Gasteiger partial charge on any atom is -0.325 e. The fraction of sp³-hybridized carbons (Fsp3) is 0.318. The zero-order valence-corrected chi connectivity index (χ0v) is 17.1. The highest BCUT2D eigenvalue weighted by Crippen LogP contribution is 2.38. The summed E-state index contributed by atoms with van der Waals surface area (Å²) >= 11 is 0. The molecule has 0 saturated carbocycles. The van der Waals surface area contributed by atoms with Gasteiger partial charge >= 0.3 is 11.9 Å². The van der Waals surface area contributed by atoms with Crippen LogP contribution in [0.3, 0.4) is 0 Å². The van der Waals surface area contributed by atoms with Crippen molar-refractivity contribution in [2.24, 2.45) is 5.41 Å². The van der Waals surface area contributed by atoms with E-state index >= 15 is 0 Å². The smallest absolute Gasteiger partial charge is 0.325 e. The minimum atomic E-state index is -4.52. The van der Waals surface area contributed by atoms with Crippen LogP contribution in [0.25, 0.3) is 10.9 Å². The third kappa shape index (κ3) is 3.68. The summed E-state index contributed by atoms with van der Waals surface area (Å²) in [4.78, 5) is 24.0. The number of hydrogen-bond donors (Lipinski definition) is 1. The summed E-state index contributed by atoms with van der Waals surface area (Å²) in [5.41, 5.74) is -1.72. The van der Waals surface area contributed by atoms with E-state index in [1.54, 1.807) is 11.0 Å². The maximum atomic E-state index is 14.7. The molecule has 3 aromatic rings. The molecule has 166 valence electrons. The molecule has 10 heteroatoms. The Morgan fingerprint density at radius 3 is 2.62 bits per heavy atom. The molecule has 3 heterocycles. The molecule has 0 aliphatic carbocycles. The molecule has 1 N–H and O–H groups in total. The first kappa shape index (κ1) is 21.7. The zero-order chi connectivity index (χ0) is 23.3. The number of halogens is 5. The second-order valence-electron chi connectivity index (χ2n) is 7.93. The summed E-state index contributed by atoms with van der Waals surface area (Å²) in [7, 11) is 0. The van der Waals surface area contributed by atoms with Gasteiger partial charge in [0.15, 0.2) is 17.5 Å². The van der Waals surface area contributed by atoms with Gasteiger partial charge in [-0.1, -0.05) is 5.92 Å². The Hall–Kier alpha value is -3.48. The van der Waals surface area contributed by atoms with Gasteiger partial charge < -0.3 is 9.88 Å². The number of fused-ring (bicyclic) bond motifs is 2. The molecule has 0 unspecified atom stereocenters. The highest BCUT2D eigenvalue weighted by atomic mass is 19.4. The van der Waals surface area contributed by atoms with E-state index in [4.69, 9.17) is 0 Å². The van der Waals surface area contributed by atoms with Crippen LogP contribution in [0.1, 0.15) is 31.5 Å². The number of aromatic amines is 1. The third-order valence-electron chi connectivity index (χ3n) is 5.36. The summed E-state index contributed by atoms with van der Waals surface area (Å²) in [5.74, 6) is 2.43. The van der Waals surface area contributed by atoms with Gasteiger partial charge in [-0.15, -0.1) is 0 Å². The Balaban J connectivity index is 1.88. The highest BCUT2D eigenvalue weighted by Gasteiger charge is 2.46. The zero-order valence-electron chi connectivity index (χ0n) is 17.1. The molecular formula is C22H17F5N4O. The van der Waals surface area contributed by atoms with Gasteiger partial charge in [-0.3, -0.25) is 0 Å². The van der Waals surface area contributed by atoms with Crippen molar-refractivity contribution in [3.63, 3.8) is 0 Å². The predicted molar refractivity (Wildman–Crippen MR) is 109 cm³/mol. The first-order valence-electron chi connectivity index (χ1n) is 9.73. The van der Waals surface area contributed by atoms with E-state index in [0.717, 1.165) is 19.9 Å². The van der Waals surface area contributed by atoms with Crippen LogP contribution in [0.2, 0.25) is 0 Å². The maximum absolute atomic E-state index is 14.7. The number of benzene rings is 1. The number of hydrogen-bond acceptors (Lipinski definition) is 4. The molecule has 0 radical (unpaired) electrons. The largest absolute Gasteiger partial charge is 0.404 e. The summed E-state index contributed by atoms with van der Waals surface area (Å²) < 4.78 is 68.1. The van der Waals surface area contributed by atoms with Crippen LogP contribution in [0.5, 0.6) is 0 Å². The van der Waals surface area contributed by atoms with E-state index in [1.807, 2.05) is 0 Å². The van der Waals surface area contributed by atoms with Gasteiger partial charge in [0.1, 0.15) is 11.1 Å². The molecule has 4 rings (SSSR count). The quantitative estimate of drug-likeness (QED) is 0.436. The normalized spacial score (nSPS) is 14.2. The summed E-state index contributed by atoms with van der Waals surface area (Å²) in [6.45, 7) is 2.29. The van der Waals surface area contributed by atoms with Crippen LogP contribution < -0.4 is 10.6 Å². The van der Waals surface area contributed by atoms with Gasteiger partial charge in [0.2, 0.25) is 0 Å². The van der Waals surface area contributed by atoms with E-state index < -0.39 is 28.9 Å².